The average molecular weight is 342 g/mol. The normalized spacial score (nSPS) is 22.2. The molecule has 132 valence electrons. The second-order valence-corrected chi connectivity index (χ2v) is 6.86. The number of nitrogens with zero attached hydrogens (tertiary/aromatic N) is 2. The summed E-state index contributed by atoms with van der Waals surface area (Å²) in [5.74, 6) is -0.521. The minimum Gasteiger partial charge on any atom is -0.312 e. The number of imidazole rings is 1. The van der Waals surface area contributed by atoms with Gasteiger partial charge in [-0.25, -0.2) is 4.79 Å². The van der Waals surface area contributed by atoms with Gasteiger partial charge in [0.2, 0.25) is 0 Å². The highest BCUT2D eigenvalue weighted by Crippen LogP contribution is 2.27. The molecule has 0 radical (unpaired) electrons. The van der Waals surface area contributed by atoms with Crippen molar-refractivity contribution >= 4 is 22.6 Å². The lowest BCUT2D eigenvalue weighted by Crippen LogP contribution is -2.48. The number of benzene rings is 1. The Kier molecular flexibility index (Phi) is 4.05. The number of piperazine rings is 1. The summed E-state index contributed by atoms with van der Waals surface area (Å²) in [4.78, 5) is 36.9. The zero-order chi connectivity index (χ0) is 17.6. The van der Waals surface area contributed by atoms with E-state index in [0.29, 0.717) is 25.8 Å². The molecule has 1 saturated carbocycles. The Morgan fingerprint density at radius 1 is 1.12 bits per heavy atom. The molecule has 7 heteroatoms. The van der Waals surface area contributed by atoms with Crippen molar-refractivity contribution in [1.29, 1.82) is 0 Å². The van der Waals surface area contributed by atoms with Crippen LogP contribution in [0.3, 0.4) is 0 Å². The second kappa shape index (κ2) is 6.24. The van der Waals surface area contributed by atoms with E-state index in [9.17, 15) is 14.4 Å². The second-order valence-electron chi connectivity index (χ2n) is 6.86. The van der Waals surface area contributed by atoms with Gasteiger partial charge in [-0.05, 0) is 18.1 Å². The fourth-order valence-corrected chi connectivity index (χ4v) is 4.03. The minimum atomic E-state index is -0.557. The molecule has 1 aliphatic carbocycles. The molecule has 1 aromatic carbocycles. The Hall–Kier alpha value is -2.25. The first-order valence-corrected chi connectivity index (χ1v) is 8.76. The predicted molar refractivity (Wildman–Crippen MR) is 93.5 cm³/mol. The van der Waals surface area contributed by atoms with E-state index in [1.807, 2.05) is 18.2 Å². The van der Waals surface area contributed by atoms with Gasteiger partial charge < -0.3 is 5.32 Å². The summed E-state index contributed by atoms with van der Waals surface area (Å²) < 4.78 is 3.40. The Labute approximate surface area is 145 Å². The molecule has 1 aromatic heterocycles. The van der Waals surface area contributed by atoms with Gasteiger partial charge in [0.1, 0.15) is 17.7 Å². The summed E-state index contributed by atoms with van der Waals surface area (Å²) in [5.41, 5.74) is 2.44. The highest BCUT2D eigenvalue weighted by molar-refractivity contribution is 6.09. The Morgan fingerprint density at radius 2 is 1.88 bits per heavy atom. The van der Waals surface area contributed by atoms with Gasteiger partial charge in [0, 0.05) is 39.5 Å². The molecule has 1 unspecified atom stereocenters. The molecular formula is C18H22N4O3. The van der Waals surface area contributed by atoms with Crippen LogP contribution in [0, 0.1) is 5.92 Å². The summed E-state index contributed by atoms with van der Waals surface area (Å²) in [6, 6.07) is 5.74. The van der Waals surface area contributed by atoms with Gasteiger partial charge in [-0.3, -0.25) is 24.0 Å². The van der Waals surface area contributed by atoms with Crippen LogP contribution < -0.4 is 16.3 Å². The summed E-state index contributed by atoms with van der Waals surface area (Å²) >= 11 is 0. The number of para-hydroxylation sites is 1. The van der Waals surface area contributed by atoms with Crippen molar-refractivity contribution in [2.75, 3.05) is 19.6 Å². The van der Waals surface area contributed by atoms with Gasteiger partial charge in [0.15, 0.2) is 0 Å². The molecule has 0 amide bonds. The molecule has 1 aliphatic heterocycles. The molecule has 2 aliphatic rings. The standard InChI is InChI=1S/C18H22N4O3/c1-21-17-11(9-12-14(23)5-6-15(12)24)3-2-4-13(17)22(18(21)25)16-10-19-7-8-20-16/h2-4,12,16,19-20H,5-10H2,1H3. The lowest BCUT2D eigenvalue weighted by molar-refractivity contribution is -0.127. The molecule has 1 saturated heterocycles. The van der Waals surface area contributed by atoms with E-state index >= 15 is 0 Å². The summed E-state index contributed by atoms with van der Waals surface area (Å²) in [6.45, 7) is 2.37. The highest BCUT2D eigenvalue weighted by Gasteiger charge is 2.33. The number of Topliss-reactive ketones (excluding diaryl/α,β-unsaturated/α-hetero) is 2. The van der Waals surface area contributed by atoms with E-state index in [4.69, 9.17) is 0 Å². The maximum absolute atomic E-state index is 12.8. The Bertz CT molecular complexity index is 889. The van der Waals surface area contributed by atoms with Gasteiger partial charge >= 0.3 is 5.69 Å². The zero-order valence-corrected chi connectivity index (χ0v) is 14.2. The van der Waals surface area contributed by atoms with Gasteiger partial charge in [-0.2, -0.15) is 0 Å². The van der Waals surface area contributed by atoms with E-state index in [1.54, 1.807) is 16.2 Å². The predicted octanol–water partition coefficient (Wildman–Crippen LogP) is 0.122. The molecule has 7 nitrogen and oxygen atoms in total. The molecular weight excluding hydrogens is 320 g/mol. The van der Waals surface area contributed by atoms with E-state index in [1.165, 1.54) is 0 Å². The minimum absolute atomic E-state index is 0.0181. The van der Waals surface area contributed by atoms with Crippen molar-refractivity contribution in [1.82, 2.24) is 19.8 Å². The van der Waals surface area contributed by atoms with Crippen LogP contribution in [0.2, 0.25) is 0 Å². The Balaban J connectivity index is 1.80. The topological polar surface area (TPSA) is 85.1 Å². The van der Waals surface area contributed by atoms with E-state index in [-0.39, 0.29) is 23.4 Å². The number of ketones is 2. The van der Waals surface area contributed by atoms with Crippen LogP contribution in [0.25, 0.3) is 11.0 Å². The fourth-order valence-electron chi connectivity index (χ4n) is 4.03. The third kappa shape index (κ3) is 2.63. The van der Waals surface area contributed by atoms with Crippen molar-refractivity contribution in [2.24, 2.45) is 13.0 Å². The van der Waals surface area contributed by atoms with Gasteiger partial charge in [0.25, 0.3) is 0 Å². The Morgan fingerprint density at radius 3 is 2.56 bits per heavy atom. The van der Waals surface area contributed by atoms with E-state index in [0.717, 1.165) is 29.7 Å². The number of hydrogen-bond donors (Lipinski definition) is 2. The molecule has 0 bridgehead atoms. The SMILES string of the molecule is Cn1c(=O)n(C2CNCCN2)c2cccc(CC3C(=O)CCC3=O)c21. The van der Waals surface area contributed by atoms with Crippen LogP contribution >= 0.6 is 0 Å². The molecule has 1 atom stereocenters. The number of fused-ring (bicyclic) bond motifs is 1. The maximum Gasteiger partial charge on any atom is 0.330 e. The van der Waals surface area contributed by atoms with Gasteiger partial charge in [-0.15, -0.1) is 0 Å². The fraction of sp³-hybridized carbons (Fsp3) is 0.500. The van der Waals surface area contributed by atoms with Crippen molar-refractivity contribution in [2.45, 2.75) is 25.4 Å². The van der Waals surface area contributed by atoms with Crippen LogP contribution in [0.1, 0.15) is 24.6 Å². The summed E-state index contributed by atoms with van der Waals surface area (Å²) in [5, 5.41) is 6.67. The molecule has 2 heterocycles. The third-order valence-electron chi connectivity index (χ3n) is 5.34. The molecule has 2 aromatic rings. The molecule has 2 N–H and O–H groups in total. The number of rotatable bonds is 3. The number of carbonyl (C=O) groups excluding carboxylic acids is 2. The molecule has 25 heavy (non-hydrogen) atoms. The first kappa shape index (κ1) is 16.2. The lowest BCUT2D eigenvalue weighted by Gasteiger charge is -2.25. The van der Waals surface area contributed by atoms with Crippen molar-refractivity contribution in [3.05, 3.63) is 34.2 Å². The zero-order valence-electron chi connectivity index (χ0n) is 14.2. The quantitative estimate of drug-likeness (QED) is 0.774. The first-order valence-electron chi connectivity index (χ1n) is 8.76. The van der Waals surface area contributed by atoms with Crippen LogP contribution in [0.4, 0.5) is 0 Å². The van der Waals surface area contributed by atoms with E-state index in [2.05, 4.69) is 10.6 Å². The number of aryl methyl sites for hydroxylation is 1. The van der Waals surface area contributed by atoms with Crippen molar-refractivity contribution < 1.29 is 9.59 Å². The lowest BCUT2D eigenvalue weighted by atomic mass is 9.95. The van der Waals surface area contributed by atoms with Crippen molar-refractivity contribution in [3.8, 4) is 0 Å². The van der Waals surface area contributed by atoms with Gasteiger partial charge in [0.05, 0.1) is 17.0 Å². The van der Waals surface area contributed by atoms with Crippen LogP contribution in [0.5, 0.6) is 0 Å². The van der Waals surface area contributed by atoms with E-state index < -0.39 is 5.92 Å². The molecule has 4 rings (SSSR count). The summed E-state index contributed by atoms with van der Waals surface area (Å²) in [7, 11) is 1.75. The molecule has 0 spiro atoms. The summed E-state index contributed by atoms with van der Waals surface area (Å²) in [6.07, 6.45) is 0.964. The van der Waals surface area contributed by atoms with Crippen LogP contribution in [0.15, 0.2) is 23.0 Å². The molecule has 2 fully saturated rings. The van der Waals surface area contributed by atoms with Crippen LogP contribution in [-0.4, -0.2) is 40.3 Å². The number of hydrogen-bond acceptors (Lipinski definition) is 5. The average Bonchev–Trinajstić information content (AvgIpc) is 3.07. The number of nitrogens with one attached hydrogen (secondary N) is 2. The van der Waals surface area contributed by atoms with Crippen LogP contribution in [-0.2, 0) is 23.1 Å². The monoisotopic (exact) mass is 342 g/mol. The highest BCUT2D eigenvalue weighted by atomic mass is 16.2. The smallest absolute Gasteiger partial charge is 0.312 e. The maximum atomic E-state index is 12.8. The third-order valence-corrected chi connectivity index (χ3v) is 5.34. The number of aromatic nitrogens is 2. The van der Waals surface area contributed by atoms with Crippen molar-refractivity contribution in [3.63, 3.8) is 0 Å². The van der Waals surface area contributed by atoms with Gasteiger partial charge in [-0.1, -0.05) is 12.1 Å². The largest absolute Gasteiger partial charge is 0.330 e. The number of carbonyl (C=O) groups is 2. The first-order chi connectivity index (χ1) is 12.1.